The fraction of sp³-hybridized carbons (Fsp3) is 0.235. The summed E-state index contributed by atoms with van der Waals surface area (Å²) in [6, 6.07) is 14.1. The normalized spacial score (nSPS) is 10.3. The Kier molecular flexibility index (Phi) is 5.32. The van der Waals surface area contributed by atoms with E-state index in [0.29, 0.717) is 37.1 Å². The van der Waals surface area contributed by atoms with E-state index < -0.39 is 0 Å². The summed E-state index contributed by atoms with van der Waals surface area (Å²) in [7, 11) is 0. The second kappa shape index (κ2) is 7.43. The highest BCUT2D eigenvalue weighted by atomic mass is 19.1. The molecule has 0 radical (unpaired) electrons. The maximum absolute atomic E-state index is 13.4. The Morgan fingerprint density at radius 3 is 2.48 bits per heavy atom. The quantitative estimate of drug-likeness (QED) is 0.802. The van der Waals surface area contributed by atoms with Crippen molar-refractivity contribution >= 4 is 11.6 Å². The molecule has 0 saturated heterocycles. The van der Waals surface area contributed by atoms with Crippen LogP contribution in [0.5, 0.6) is 0 Å². The highest BCUT2D eigenvalue weighted by Gasteiger charge is 2.04. The predicted octanol–water partition coefficient (Wildman–Crippen LogP) is 2.70. The van der Waals surface area contributed by atoms with Gasteiger partial charge in [-0.25, -0.2) is 4.39 Å². The zero-order valence-electron chi connectivity index (χ0n) is 11.8. The van der Waals surface area contributed by atoms with E-state index in [2.05, 4.69) is 5.32 Å². The summed E-state index contributed by atoms with van der Waals surface area (Å²) in [6.45, 7) is 0.446. The van der Waals surface area contributed by atoms with Crippen LogP contribution in [0.15, 0.2) is 48.5 Å². The SMILES string of the molecule is Nc1ccc(CCC(=O)NCCc2ccccc2F)cc1. The van der Waals surface area contributed by atoms with E-state index in [1.54, 1.807) is 18.2 Å². The number of halogens is 1. The lowest BCUT2D eigenvalue weighted by Crippen LogP contribution is -2.26. The molecule has 0 spiro atoms. The Balaban J connectivity index is 1.70. The van der Waals surface area contributed by atoms with E-state index in [-0.39, 0.29) is 11.7 Å². The molecule has 4 heteroatoms. The molecule has 0 aliphatic rings. The third kappa shape index (κ3) is 4.91. The molecule has 0 bridgehead atoms. The molecule has 0 aromatic heterocycles. The van der Waals surface area contributed by atoms with E-state index in [1.165, 1.54) is 6.07 Å². The van der Waals surface area contributed by atoms with Crippen LogP contribution in [0.3, 0.4) is 0 Å². The van der Waals surface area contributed by atoms with Gasteiger partial charge in [0, 0.05) is 18.7 Å². The van der Waals surface area contributed by atoms with Crippen LogP contribution in [-0.2, 0) is 17.6 Å². The predicted molar refractivity (Wildman–Crippen MR) is 82.3 cm³/mol. The molecular weight excluding hydrogens is 267 g/mol. The number of aryl methyl sites for hydroxylation is 1. The first-order valence-corrected chi connectivity index (χ1v) is 6.99. The molecular formula is C17H19FN2O. The molecule has 0 fully saturated rings. The number of carbonyl (C=O) groups is 1. The average Bonchev–Trinajstić information content (AvgIpc) is 2.49. The van der Waals surface area contributed by atoms with Crippen molar-refractivity contribution in [2.45, 2.75) is 19.3 Å². The molecule has 2 aromatic rings. The number of carbonyl (C=O) groups excluding carboxylic acids is 1. The second-order valence-corrected chi connectivity index (χ2v) is 4.93. The van der Waals surface area contributed by atoms with E-state index in [4.69, 9.17) is 5.73 Å². The van der Waals surface area contributed by atoms with Crippen LogP contribution in [0.2, 0.25) is 0 Å². The second-order valence-electron chi connectivity index (χ2n) is 4.93. The van der Waals surface area contributed by atoms with Gasteiger partial charge in [0.2, 0.25) is 5.91 Å². The number of hydrogen-bond donors (Lipinski definition) is 2. The number of nitrogen functional groups attached to an aromatic ring is 1. The molecule has 0 unspecified atom stereocenters. The van der Waals surface area contributed by atoms with Gasteiger partial charge in [-0.2, -0.15) is 0 Å². The molecule has 110 valence electrons. The van der Waals surface area contributed by atoms with Crippen molar-refractivity contribution < 1.29 is 9.18 Å². The summed E-state index contributed by atoms with van der Waals surface area (Å²) >= 11 is 0. The monoisotopic (exact) mass is 286 g/mol. The highest BCUT2D eigenvalue weighted by molar-refractivity contribution is 5.76. The topological polar surface area (TPSA) is 55.1 Å². The van der Waals surface area contributed by atoms with Gasteiger partial charge in [-0.1, -0.05) is 30.3 Å². The molecule has 0 aliphatic heterocycles. The van der Waals surface area contributed by atoms with Crippen molar-refractivity contribution in [3.8, 4) is 0 Å². The lowest BCUT2D eigenvalue weighted by Gasteiger charge is -2.06. The largest absolute Gasteiger partial charge is 0.399 e. The third-order valence-electron chi connectivity index (χ3n) is 3.29. The summed E-state index contributed by atoms with van der Waals surface area (Å²) < 4.78 is 13.4. The van der Waals surface area contributed by atoms with Gasteiger partial charge in [0.05, 0.1) is 0 Å². The lowest BCUT2D eigenvalue weighted by molar-refractivity contribution is -0.121. The molecule has 3 N–H and O–H groups in total. The van der Waals surface area contributed by atoms with Gasteiger partial charge in [-0.3, -0.25) is 4.79 Å². The standard InChI is InChI=1S/C17H19FN2O/c18-16-4-2-1-3-14(16)11-12-20-17(21)10-7-13-5-8-15(19)9-6-13/h1-6,8-9H,7,10-12,19H2,(H,20,21). The summed E-state index contributed by atoms with van der Waals surface area (Å²) in [5.74, 6) is -0.253. The van der Waals surface area contributed by atoms with Gasteiger partial charge in [-0.05, 0) is 42.2 Å². The molecule has 3 nitrogen and oxygen atoms in total. The zero-order chi connectivity index (χ0) is 15.1. The minimum atomic E-state index is -0.228. The average molecular weight is 286 g/mol. The van der Waals surface area contributed by atoms with Gasteiger partial charge < -0.3 is 11.1 Å². The van der Waals surface area contributed by atoms with Crippen LogP contribution in [-0.4, -0.2) is 12.5 Å². The van der Waals surface area contributed by atoms with Gasteiger partial charge in [0.15, 0.2) is 0 Å². The Labute approximate surface area is 124 Å². The number of hydrogen-bond acceptors (Lipinski definition) is 2. The number of nitrogens with one attached hydrogen (secondary N) is 1. The van der Waals surface area contributed by atoms with Crippen LogP contribution >= 0.6 is 0 Å². The molecule has 0 aliphatic carbocycles. The summed E-state index contributed by atoms with van der Waals surface area (Å²) in [6.07, 6.45) is 1.59. The van der Waals surface area contributed by atoms with Crippen molar-refractivity contribution in [2.75, 3.05) is 12.3 Å². The molecule has 0 atom stereocenters. The molecule has 2 aromatic carbocycles. The van der Waals surface area contributed by atoms with Crippen LogP contribution in [0.1, 0.15) is 17.5 Å². The van der Waals surface area contributed by atoms with E-state index in [9.17, 15) is 9.18 Å². The molecule has 0 heterocycles. The summed E-state index contributed by atoms with van der Waals surface area (Å²) in [5.41, 5.74) is 8.02. The van der Waals surface area contributed by atoms with Gasteiger partial charge >= 0.3 is 0 Å². The first kappa shape index (κ1) is 15.0. The molecule has 0 saturated carbocycles. The molecule has 2 rings (SSSR count). The Morgan fingerprint density at radius 1 is 1.05 bits per heavy atom. The first-order valence-electron chi connectivity index (χ1n) is 6.99. The van der Waals surface area contributed by atoms with E-state index >= 15 is 0 Å². The minimum Gasteiger partial charge on any atom is -0.399 e. The summed E-state index contributed by atoms with van der Waals surface area (Å²) in [4.78, 5) is 11.7. The van der Waals surface area contributed by atoms with Gasteiger partial charge in [0.25, 0.3) is 0 Å². The maximum Gasteiger partial charge on any atom is 0.220 e. The van der Waals surface area contributed by atoms with Crippen molar-refractivity contribution in [3.05, 3.63) is 65.5 Å². The summed E-state index contributed by atoms with van der Waals surface area (Å²) in [5, 5.41) is 2.81. The first-order chi connectivity index (χ1) is 10.1. The van der Waals surface area contributed by atoms with E-state index in [1.807, 2.05) is 24.3 Å². The van der Waals surface area contributed by atoms with E-state index in [0.717, 1.165) is 5.56 Å². The Hall–Kier alpha value is -2.36. The van der Waals surface area contributed by atoms with Crippen molar-refractivity contribution in [1.29, 1.82) is 0 Å². The highest BCUT2D eigenvalue weighted by Crippen LogP contribution is 2.08. The van der Waals surface area contributed by atoms with Crippen molar-refractivity contribution in [3.63, 3.8) is 0 Å². The third-order valence-corrected chi connectivity index (χ3v) is 3.29. The molecule has 1 amide bonds. The molecule has 21 heavy (non-hydrogen) atoms. The number of amides is 1. The van der Waals surface area contributed by atoms with Crippen LogP contribution in [0, 0.1) is 5.82 Å². The number of benzene rings is 2. The number of rotatable bonds is 6. The zero-order valence-corrected chi connectivity index (χ0v) is 11.8. The Bertz CT molecular complexity index is 596. The fourth-order valence-corrected chi connectivity index (χ4v) is 2.07. The smallest absolute Gasteiger partial charge is 0.220 e. The minimum absolute atomic E-state index is 0.0248. The maximum atomic E-state index is 13.4. The van der Waals surface area contributed by atoms with Crippen molar-refractivity contribution in [1.82, 2.24) is 5.32 Å². The fourth-order valence-electron chi connectivity index (χ4n) is 2.07. The van der Waals surface area contributed by atoms with Crippen LogP contribution in [0.25, 0.3) is 0 Å². The number of anilines is 1. The van der Waals surface area contributed by atoms with Crippen LogP contribution < -0.4 is 11.1 Å². The number of nitrogens with two attached hydrogens (primary N) is 1. The van der Waals surface area contributed by atoms with Gasteiger partial charge in [0.1, 0.15) is 5.82 Å². The van der Waals surface area contributed by atoms with Crippen molar-refractivity contribution in [2.24, 2.45) is 0 Å². The van der Waals surface area contributed by atoms with Gasteiger partial charge in [-0.15, -0.1) is 0 Å². The van der Waals surface area contributed by atoms with Crippen LogP contribution in [0.4, 0.5) is 10.1 Å². The Morgan fingerprint density at radius 2 is 1.76 bits per heavy atom. The lowest BCUT2D eigenvalue weighted by atomic mass is 10.1.